The fourth-order valence-corrected chi connectivity index (χ4v) is 3.42. The Morgan fingerprint density at radius 1 is 1.79 bits per heavy atom. The van der Waals surface area contributed by atoms with Crippen LogP contribution in [0.1, 0.15) is 17.8 Å². The summed E-state index contributed by atoms with van der Waals surface area (Å²) in [5.74, 6) is 0.665. The smallest absolute Gasteiger partial charge is 0.191 e. The number of likely N-dealkylation sites (N-methyl/N-ethyl adjacent to an activating group) is 1. The summed E-state index contributed by atoms with van der Waals surface area (Å²) in [6.45, 7) is 3.78. The third-order valence-electron chi connectivity index (χ3n) is 2.38. The van der Waals surface area contributed by atoms with Crippen molar-refractivity contribution in [2.45, 2.75) is 13.0 Å². The molecule has 0 saturated carbocycles. The number of aliphatic imine (C=N–C) groups is 1. The molecule has 1 atom stereocenters. The minimum Gasteiger partial charge on any atom is -0.370 e. The van der Waals surface area contributed by atoms with E-state index in [1.165, 1.54) is 4.88 Å². The Bertz CT molecular complexity index is 361. The third kappa shape index (κ3) is 1.54. The predicted molar refractivity (Wildman–Crippen MR) is 63.6 cm³/mol. The van der Waals surface area contributed by atoms with Crippen LogP contribution >= 0.6 is 27.3 Å². The molecule has 0 radical (unpaired) electrons. The van der Waals surface area contributed by atoms with Gasteiger partial charge in [-0.2, -0.15) is 0 Å². The maximum atomic E-state index is 5.80. The Balaban J connectivity index is 2.26. The molecule has 2 rings (SSSR count). The maximum Gasteiger partial charge on any atom is 0.191 e. The van der Waals surface area contributed by atoms with Crippen molar-refractivity contribution >= 4 is 33.2 Å². The van der Waals surface area contributed by atoms with E-state index in [1.54, 1.807) is 11.3 Å². The zero-order chi connectivity index (χ0) is 10.1. The highest BCUT2D eigenvalue weighted by atomic mass is 79.9. The van der Waals surface area contributed by atoms with E-state index in [4.69, 9.17) is 5.73 Å². The first-order chi connectivity index (χ1) is 6.74. The zero-order valence-electron chi connectivity index (χ0n) is 7.90. The van der Waals surface area contributed by atoms with E-state index >= 15 is 0 Å². The van der Waals surface area contributed by atoms with Crippen LogP contribution in [0.4, 0.5) is 0 Å². The van der Waals surface area contributed by atoms with Crippen molar-refractivity contribution in [3.63, 3.8) is 0 Å². The second-order valence-corrected chi connectivity index (χ2v) is 4.94. The van der Waals surface area contributed by atoms with Crippen molar-refractivity contribution in [3.8, 4) is 0 Å². The molecule has 3 nitrogen and oxygen atoms in total. The molecular formula is C9H12BrN3S. The molecule has 1 aliphatic heterocycles. The van der Waals surface area contributed by atoms with E-state index < -0.39 is 0 Å². The van der Waals surface area contributed by atoms with Crippen LogP contribution in [0, 0.1) is 0 Å². The van der Waals surface area contributed by atoms with Crippen molar-refractivity contribution in [1.29, 1.82) is 0 Å². The highest BCUT2D eigenvalue weighted by Gasteiger charge is 2.28. The van der Waals surface area contributed by atoms with Gasteiger partial charge in [0.15, 0.2) is 5.96 Å². The summed E-state index contributed by atoms with van der Waals surface area (Å²) in [6.07, 6.45) is 0. The van der Waals surface area contributed by atoms with Crippen molar-refractivity contribution < 1.29 is 0 Å². The van der Waals surface area contributed by atoms with E-state index in [9.17, 15) is 0 Å². The number of rotatable bonds is 2. The van der Waals surface area contributed by atoms with E-state index in [0.29, 0.717) is 12.0 Å². The van der Waals surface area contributed by atoms with Gasteiger partial charge in [0.25, 0.3) is 0 Å². The Morgan fingerprint density at radius 3 is 3.14 bits per heavy atom. The summed E-state index contributed by atoms with van der Waals surface area (Å²) in [5, 5.41) is 2.09. The average molecular weight is 274 g/mol. The normalized spacial score (nSPS) is 21.4. The Hall–Kier alpha value is -0.550. The zero-order valence-corrected chi connectivity index (χ0v) is 10.3. The Labute approximate surface area is 95.8 Å². The Kier molecular flexibility index (Phi) is 2.78. The SMILES string of the molecule is CCN1C(N)=NCC1c1sccc1Br. The molecule has 2 N–H and O–H groups in total. The van der Waals surface area contributed by atoms with Gasteiger partial charge in [-0.3, -0.25) is 4.99 Å². The first-order valence-electron chi connectivity index (χ1n) is 4.53. The van der Waals surface area contributed by atoms with Crippen LogP contribution in [-0.2, 0) is 0 Å². The Morgan fingerprint density at radius 2 is 2.57 bits per heavy atom. The average Bonchev–Trinajstić information content (AvgIpc) is 2.71. The standard InChI is InChI=1S/C9H12BrN3S/c1-2-13-7(5-12-9(13)11)8-6(10)3-4-14-8/h3-4,7H,2,5H2,1H3,(H2,11,12). The van der Waals surface area contributed by atoms with Gasteiger partial charge < -0.3 is 10.6 Å². The highest BCUT2D eigenvalue weighted by Crippen LogP contribution is 2.34. The number of nitrogens with two attached hydrogens (primary N) is 1. The molecule has 1 aromatic rings. The van der Waals surface area contributed by atoms with Gasteiger partial charge in [-0.25, -0.2) is 0 Å². The van der Waals surface area contributed by atoms with E-state index in [2.05, 4.69) is 44.2 Å². The van der Waals surface area contributed by atoms with E-state index in [1.807, 2.05) is 0 Å². The number of guanidine groups is 1. The van der Waals surface area contributed by atoms with Crippen LogP contribution in [0.2, 0.25) is 0 Å². The van der Waals surface area contributed by atoms with Crippen LogP contribution in [-0.4, -0.2) is 23.9 Å². The number of thiophene rings is 1. The van der Waals surface area contributed by atoms with Gasteiger partial charge in [0.1, 0.15) is 0 Å². The lowest BCUT2D eigenvalue weighted by molar-refractivity contribution is 0.368. The minimum atomic E-state index is 0.328. The fraction of sp³-hybridized carbons (Fsp3) is 0.444. The summed E-state index contributed by atoms with van der Waals surface area (Å²) in [4.78, 5) is 7.72. The molecule has 0 aromatic carbocycles. The lowest BCUT2D eigenvalue weighted by atomic mass is 10.2. The van der Waals surface area contributed by atoms with Gasteiger partial charge in [0, 0.05) is 15.9 Å². The molecule has 76 valence electrons. The van der Waals surface area contributed by atoms with Gasteiger partial charge in [-0.05, 0) is 34.3 Å². The molecule has 0 amide bonds. The maximum absolute atomic E-state index is 5.80. The number of nitrogens with zero attached hydrogens (tertiary/aromatic N) is 2. The third-order valence-corrected chi connectivity index (χ3v) is 4.36. The summed E-state index contributed by atoms with van der Waals surface area (Å²) in [7, 11) is 0. The molecule has 1 unspecified atom stereocenters. The van der Waals surface area contributed by atoms with E-state index in [0.717, 1.165) is 17.6 Å². The lowest BCUT2D eigenvalue weighted by Gasteiger charge is -2.23. The monoisotopic (exact) mass is 273 g/mol. The van der Waals surface area contributed by atoms with Crippen molar-refractivity contribution in [3.05, 3.63) is 20.8 Å². The van der Waals surface area contributed by atoms with Crippen molar-refractivity contribution in [2.24, 2.45) is 10.7 Å². The summed E-state index contributed by atoms with van der Waals surface area (Å²) >= 11 is 5.30. The molecule has 0 bridgehead atoms. The lowest BCUT2D eigenvalue weighted by Crippen LogP contribution is -2.35. The van der Waals surface area contributed by atoms with Gasteiger partial charge in [0.2, 0.25) is 0 Å². The molecule has 0 spiro atoms. The molecule has 2 heterocycles. The predicted octanol–water partition coefficient (Wildman–Crippen LogP) is 2.20. The van der Waals surface area contributed by atoms with Crippen LogP contribution in [0.5, 0.6) is 0 Å². The van der Waals surface area contributed by atoms with E-state index in [-0.39, 0.29) is 0 Å². The quantitative estimate of drug-likeness (QED) is 0.898. The van der Waals surface area contributed by atoms with Crippen molar-refractivity contribution in [2.75, 3.05) is 13.1 Å². The summed E-state index contributed by atoms with van der Waals surface area (Å²) in [6, 6.07) is 2.40. The van der Waals surface area contributed by atoms with Gasteiger partial charge in [-0.1, -0.05) is 0 Å². The van der Waals surface area contributed by atoms with Gasteiger partial charge >= 0.3 is 0 Å². The molecule has 0 saturated heterocycles. The first kappa shape index (κ1) is 9.98. The van der Waals surface area contributed by atoms with Crippen LogP contribution < -0.4 is 5.73 Å². The molecule has 1 aliphatic rings. The van der Waals surface area contributed by atoms with Crippen LogP contribution in [0.15, 0.2) is 20.9 Å². The minimum absolute atomic E-state index is 0.328. The van der Waals surface area contributed by atoms with Crippen molar-refractivity contribution in [1.82, 2.24) is 4.90 Å². The summed E-state index contributed by atoms with van der Waals surface area (Å²) in [5.41, 5.74) is 5.80. The number of hydrogen-bond acceptors (Lipinski definition) is 4. The van der Waals surface area contributed by atoms with Crippen LogP contribution in [0.3, 0.4) is 0 Å². The fourth-order valence-electron chi connectivity index (χ4n) is 1.68. The molecule has 0 aliphatic carbocycles. The first-order valence-corrected chi connectivity index (χ1v) is 6.20. The van der Waals surface area contributed by atoms with Crippen LogP contribution in [0.25, 0.3) is 0 Å². The second-order valence-electron chi connectivity index (χ2n) is 3.13. The molecule has 14 heavy (non-hydrogen) atoms. The second kappa shape index (κ2) is 3.90. The number of hydrogen-bond donors (Lipinski definition) is 1. The largest absolute Gasteiger partial charge is 0.370 e. The molecule has 0 fully saturated rings. The summed E-state index contributed by atoms with van der Waals surface area (Å²) < 4.78 is 1.16. The topological polar surface area (TPSA) is 41.6 Å². The van der Waals surface area contributed by atoms with Gasteiger partial charge in [-0.15, -0.1) is 11.3 Å². The molecule has 5 heteroatoms. The molecular weight excluding hydrogens is 262 g/mol. The highest BCUT2D eigenvalue weighted by molar-refractivity contribution is 9.10. The van der Waals surface area contributed by atoms with Gasteiger partial charge in [0.05, 0.1) is 12.6 Å². The molecule has 1 aromatic heterocycles. The number of halogens is 1.